The first-order valence-electron chi connectivity index (χ1n) is 4.23. The molecule has 16 heavy (non-hydrogen) atoms. The van der Waals surface area contributed by atoms with Gasteiger partial charge in [0.05, 0.1) is 5.75 Å². The molecule has 0 unspecified atom stereocenters. The second-order valence-corrected chi connectivity index (χ2v) is 4.65. The lowest BCUT2D eigenvalue weighted by atomic mass is 10.2. The summed E-state index contributed by atoms with van der Waals surface area (Å²) in [5.74, 6) is -2.22. The van der Waals surface area contributed by atoms with Crippen LogP contribution in [0.1, 0.15) is 0 Å². The average Bonchev–Trinajstić information content (AvgIpc) is 2.12. The van der Waals surface area contributed by atoms with Crippen molar-refractivity contribution in [3.8, 4) is 17.2 Å². The second kappa shape index (κ2) is 4.45. The molecule has 7 nitrogen and oxygen atoms in total. The maximum Gasteiger partial charge on any atom is 0.266 e. The molecule has 0 aliphatic carbocycles. The topological polar surface area (TPSA) is 127 Å². The summed E-state index contributed by atoms with van der Waals surface area (Å²) in [6.45, 7) is -0.0948. The largest absolute Gasteiger partial charge is 0.504 e. The van der Waals surface area contributed by atoms with Gasteiger partial charge in [-0.2, -0.15) is 8.42 Å². The van der Waals surface area contributed by atoms with E-state index in [0.717, 1.165) is 12.1 Å². The van der Waals surface area contributed by atoms with Gasteiger partial charge in [-0.3, -0.25) is 4.55 Å². The number of aromatic hydroxyl groups is 3. The SMILES string of the molecule is O=S(=O)(O)CCNc1cc(O)c(O)c(O)c1. The van der Waals surface area contributed by atoms with Gasteiger partial charge >= 0.3 is 0 Å². The van der Waals surface area contributed by atoms with Crippen LogP contribution in [0.2, 0.25) is 0 Å². The number of phenols is 3. The number of rotatable bonds is 4. The first-order valence-corrected chi connectivity index (χ1v) is 5.84. The summed E-state index contributed by atoms with van der Waals surface area (Å²) in [6, 6.07) is 2.22. The molecule has 0 heterocycles. The molecule has 0 spiro atoms. The lowest BCUT2D eigenvalue weighted by Crippen LogP contribution is -2.14. The number of anilines is 1. The van der Waals surface area contributed by atoms with Gasteiger partial charge < -0.3 is 20.6 Å². The summed E-state index contributed by atoms with van der Waals surface area (Å²) in [4.78, 5) is 0. The van der Waals surface area contributed by atoms with Crippen LogP contribution in [0.4, 0.5) is 5.69 Å². The fourth-order valence-corrected chi connectivity index (χ4v) is 1.39. The van der Waals surface area contributed by atoms with Crippen molar-refractivity contribution in [2.24, 2.45) is 0 Å². The van der Waals surface area contributed by atoms with Gasteiger partial charge in [0, 0.05) is 24.4 Å². The van der Waals surface area contributed by atoms with Gasteiger partial charge in [0.25, 0.3) is 10.1 Å². The fraction of sp³-hybridized carbons (Fsp3) is 0.250. The summed E-state index contributed by atoms with van der Waals surface area (Å²) in [7, 11) is -4.06. The minimum atomic E-state index is -4.06. The molecular weight excluding hydrogens is 238 g/mol. The Bertz CT molecular complexity index is 460. The van der Waals surface area contributed by atoms with Crippen molar-refractivity contribution in [2.45, 2.75) is 0 Å². The highest BCUT2D eigenvalue weighted by Gasteiger charge is 2.09. The Kier molecular flexibility index (Phi) is 3.45. The predicted molar refractivity (Wildman–Crippen MR) is 56.3 cm³/mol. The molecular formula is C8H11NO6S. The number of phenolic OH excluding ortho intramolecular Hbond substituents is 3. The standard InChI is InChI=1S/C8H11NO6S/c10-6-3-5(4-7(11)8(6)12)9-1-2-16(13,14)15/h3-4,9-12H,1-2H2,(H,13,14,15). The quantitative estimate of drug-likeness (QED) is 0.291. The van der Waals surface area contributed by atoms with Gasteiger partial charge in [0.15, 0.2) is 17.2 Å². The van der Waals surface area contributed by atoms with Gasteiger partial charge in [-0.15, -0.1) is 0 Å². The molecule has 0 aromatic heterocycles. The van der Waals surface area contributed by atoms with Gasteiger partial charge in [-0.25, -0.2) is 0 Å². The molecule has 0 fully saturated rings. The highest BCUT2D eigenvalue weighted by Crippen LogP contribution is 2.37. The van der Waals surface area contributed by atoms with Crippen molar-refractivity contribution < 1.29 is 28.3 Å². The van der Waals surface area contributed by atoms with Gasteiger partial charge in [-0.1, -0.05) is 0 Å². The molecule has 1 rings (SSSR count). The van der Waals surface area contributed by atoms with Crippen LogP contribution in [0.25, 0.3) is 0 Å². The molecule has 90 valence electrons. The fourth-order valence-electron chi connectivity index (χ4n) is 1.03. The zero-order chi connectivity index (χ0) is 12.3. The van der Waals surface area contributed by atoms with Crippen molar-refractivity contribution in [3.63, 3.8) is 0 Å². The van der Waals surface area contributed by atoms with E-state index in [2.05, 4.69) is 5.32 Å². The van der Waals surface area contributed by atoms with Crippen LogP contribution < -0.4 is 5.32 Å². The molecule has 0 atom stereocenters. The third kappa shape index (κ3) is 3.48. The summed E-state index contributed by atoms with van der Waals surface area (Å²) in [5, 5.41) is 29.8. The smallest absolute Gasteiger partial charge is 0.266 e. The van der Waals surface area contributed by atoms with Gasteiger partial charge in [-0.05, 0) is 0 Å². The molecule has 0 aliphatic rings. The van der Waals surface area contributed by atoms with E-state index in [1.807, 2.05) is 0 Å². The molecule has 0 bridgehead atoms. The van der Waals surface area contributed by atoms with E-state index in [1.54, 1.807) is 0 Å². The number of nitrogens with one attached hydrogen (secondary N) is 1. The van der Waals surface area contributed by atoms with E-state index >= 15 is 0 Å². The second-order valence-electron chi connectivity index (χ2n) is 3.08. The summed E-state index contributed by atoms with van der Waals surface area (Å²) in [6.07, 6.45) is 0. The Morgan fingerprint density at radius 1 is 1.12 bits per heavy atom. The van der Waals surface area contributed by atoms with Crippen molar-refractivity contribution in [3.05, 3.63) is 12.1 Å². The normalized spacial score (nSPS) is 11.3. The summed E-state index contributed by atoms with van der Waals surface area (Å²) >= 11 is 0. The van der Waals surface area contributed by atoms with Crippen molar-refractivity contribution >= 4 is 15.8 Å². The predicted octanol–water partition coefficient (Wildman–Crippen LogP) is 0.103. The van der Waals surface area contributed by atoms with E-state index in [-0.39, 0.29) is 12.2 Å². The number of benzene rings is 1. The van der Waals surface area contributed by atoms with E-state index in [1.165, 1.54) is 0 Å². The molecule has 1 aromatic rings. The lowest BCUT2D eigenvalue weighted by molar-refractivity contribution is 0.368. The van der Waals surface area contributed by atoms with Crippen LogP contribution in [0.3, 0.4) is 0 Å². The molecule has 0 saturated heterocycles. The van der Waals surface area contributed by atoms with Crippen LogP contribution in [-0.2, 0) is 10.1 Å². The van der Waals surface area contributed by atoms with E-state index < -0.39 is 33.1 Å². The Labute approximate surface area is 91.7 Å². The molecule has 0 amide bonds. The van der Waals surface area contributed by atoms with Gasteiger partial charge in [0.1, 0.15) is 0 Å². The first kappa shape index (κ1) is 12.4. The van der Waals surface area contributed by atoms with Crippen LogP contribution in [0, 0.1) is 0 Å². The summed E-state index contributed by atoms with van der Waals surface area (Å²) in [5.41, 5.74) is 0.219. The van der Waals surface area contributed by atoms with Crippen LogP contribution >= 0.6 is 0 Å². The third-order valence-electron chi connectivity index (χ3n) is 1.76. The van der Waals surface area contributed by atoms with Crippen LogP contribution in [0.15, 0.2) is 12.1 Å². The average molecular weight is 249 g/mol. The molecule has 0 aliphatic heterocycles. The highest BCUT2D eigenvalue weighted by molar-refractivity contribution is 7.85. The number of hydrogen-bond acceptors (Lipinski definition) is 6. The molecule has 8 heteroatoms. The lowest BCUT2D eigenvalue weighted by Gasteiger charge is -2.07. The Morgan fingerprint density at radius 3 is 2.06 bits per heavy atom. The molecule has 0 radical (unpaired) electrons. The Morgan fingerprint density at radius 2 is 1.62 bits per heavy atom. The summed E-state index contributed by atoms with van der Waals surface area (Å²) < 4.78 is 29.2. The van der Waals surface area contributed by atoms with E-state index in [0.29, 0.717) is 0 Å². The van der Waals surface area contributed by atoms with E-state index in [4.69, 9.17) is 19.9 Å². The Balaban J connectivity index is 2.69. The molecule has 1 aromatic carbocycles. The van der Waals surface area contributed by atoms with Crippen molar-refractivity contribution in [1.82, 2.24) is 0 Å². The third-order valence-corrected chi connectivity index (χ3v) is 2.48. The van der Waals surface area contributed by atoms with Crippen LogP contribution in [-0.4, -0.2) is 40.6 Å². The zero-order valence-electron chi connectivity index (χ0n) is 8.08. The van der Waals surface area contributed by atoms with Crippen molar-refractivity contribution in [2.75, 3.05) is 17.6 Å². The maximum absolute atomic E-state index is 10.4. The minimum absolute atomic E-state index is 0.0948. The minimum Gasteiger partial charge on any atom is -0.504 e. The first-order chi connectivity index (χ1) is 7.29. The maximum atomic E-state index is 10.4. The van der Waals surface area contributed by atoms with Gasteiger partial charge in [0.2, 0.25) is 0 Å². The highest BCUT2D eigenvalue weighted by atomic mass is 32.2. The Hall–Kier alpha value is -1.67. The molecule has 0 saturated carbocycles. The van der Waals surface area contributed by atoms with E-state index in [9.17, 15) is 8.42 Å². The molecule has 5 N–H and O–H groups in total. The monoisotopic (exact) mass is 249 g/mol. The van der Waals surface area contributed by atoms with Crippen molar-refractivity contribution in [1.29, 1.82) is 0 Å². The van der Waals surface area contributed by atoms with Crippen LogP contribution in [0.5, 0.6) is 17.2 Å². The zero-order valence-corrected chi connectivity index (χ0v) is 8.90. The number of hydrogen-bond donors (Lipinski definition) is 5.